The minimum atomic E-state index is -0.718. The van der Waals surface area contributed by atoms with Crippen molar-refractivity contribution in [3.8, 4) is 0 Å². The molecule has 0 aliphatic carbocycles. The Morgan fingerprint density at radius 2 is 2.00 bits per heavy atom. The van der Waals surface area contributed by atoms with Crippen LogP contribution >= 0.6 is 0 Å². The van der Waals surface area contributed by atoms with E-state index in [0.717, 1.165) is 18.2 Å². The van der Waals surface area contributed by atoms with E-state index < -0.39 is 11.6 Å². The highest BCUT2D eigenvalue weighted by atomic mass is 19.1. The molecule has 1 amide bonds. The number of amides is 1. The molecule has 2 heterocycles. The largest absolute Gasteiger partial charge is 0.339 e. The number of carbonyl (C=O) groups is 1. The summed E-state index contributed by atoms with van der Waals surface area (Å²) in [5.41, 5.74) is 0.200. The van der Waals surface area contributed by atoms with Crippen LogP contribution in [0.3, 0.4) is 0 Å². The Kier molecular flexibility index (Phi) is 2.96. The lowest BCUT2D eigenvalue weighted by Crippen LogP contribution is -2.24. The van der Waals surface area contributed by atoms with Gasteiger partial charge in [-0.15, -0.1) is 0 Å². The number of anilines is 1. The molecular weight excluding hydrogens is 268 g/mol. The normalized spacial score (nSPS) is 18.9. The van der Waals surface area contributed by atoms with Crippen LogP contribution in [0.1, 0.15) is 24.1 Å². The summed E-state index contributed by atoms with van der Waals surface area (Å²) < 4.78 is 31.5. The van der Waals surface area contributed by atoms with Gasteiger partial charge >= 0.3 is 0 Å². The van der Waals surface area contributed by atoms with Crippen LogP contribution in [-0.2, 0) is 4.79 Å². The first-order chi connectivity index (χ1) is 9.52. The minimum absolute atomic E-state index is 0.180. The zero-order valence-corrected chi connectivity index (χ0v) is 10.6. The standard InChI is InChI=1S/C13H11F2N3O2/c1-7-16-13(20-17-7)8-2-12(19)18(6-8)11-4-9(14)3-10(15)5-11/h3-5,8H,2,6H2,1H3. The van der Waals surface area contributed by atoms with E-state index in [0.29, 0.717) is 11.7 Å². The van der Waals surface area contributed by atoms with Gasteiger partial charge in [0.05, 0.1) is 5.92 Å². The van der Waals surface area contributed by atoms with E-state index in [9.17, 15) is 13.6 Å². The maximum absolute atomic E-state index is 13.2. The molecule has 5 nitrogen and oxygen atoms in total. The molecule has 0 spiro atoms. The molecular formula is C13H11F2N3O2. The van der Waals surface area contributed by atoms with Crippen LogP contribution in [0.2, 0.25) is 0 Å². The summed E-state index contributed by atoms with van der Waals surface area (Å²) in [4.78, 5) is 17.4. The Hall–Kier alpha value is -2.31. The molecule has 1 aliphatic heterocycles. The number of benzene rings is 1. The van der Waals surface area contributed by atoms with Crippen LogP contribution in [0.15, 0.2) is 22.7 Å². The molecule has 0 bridgehead atoms. The van der Waals surface area contributed by atoms with Crippen molar-refractivity contribution < 1.29 is 18.1 Å². The van der Waals surface area contributed by atoms with Gasteiger partial charge in [0.25, 0.3) is 0 Å². The molecule has 0 radical (unpaired) electrons. The van der Waals surface area contributed by atoms with E-state index in [4.69, 9.17) is 4.52 Å². The van der Waals surface area contributed by atoms with Gasteiger partial charge in [-0.1, -0.05) is 5.16 Å². The zero-order valence-electron chi connectivity index (χ0n) is 10.6. The van der Waals surface area contributed by atoms with Crippen molar-refractivity contribution >= 4 is 11.6 Å². The SMILES string of the molecule is Cc1noc(C2CC(=O)N(c3cc(F)cc(F)c3)C2)n1. The highest BCUT2D eigenvalue weighted by molar-refractivity contribution is 5.96. The van der Waals surface area contributed by atoms with Crippen molar-refractivity contribution in [2.75, 3.05) is 11.4 Å². The maximum atomic E-state index is 13.2. The number of carbonyl (C=O) groups excluding carboxylic acids is 1. The molecule has 0 saturated carbocycles. The first kappa shape index (κ1) is 12.7. The molecule has 1 saturated heterocycles. The highest BCUT2D eigenvalue weighted by Gasteiger charge is 2.35. The fourth-order valence-corrected chi connectivity index (χ4v) is 2.30. The monoisotopic (exact) mass is 279 g/mol. The second kappa shape index (κ2) is 4.66. The van der Waals surface area contributed by atoms with Crippen LogP contribution in [0.4, 0.5) is 14.5 Å². The summed E-state index contributed by atoms with van der Waals surface area (Å²) in [7, 11) is 0. The Morgan fingerprint density at radius 3 is 2.60 bits per heavy atom. The molecule has 1 aromatic heterocycles. The Labute approximate surface area is 113 Å². The average Bonchev–Trinajstić information content (AvgIpc) is 2.94. The summed E-state index contributed by atoms with van der Waals surface area (Å²) in [5.74, 6) is -1.06. The van der Waals surface area contributed by atoms with Gasteiger partial charge in [-0.3, -0.25) is 4.79 Å². The fourth-order valence-electron chi connectivity index (χ4n) is 2.30. The van der Waals surface area contributed by atoms with Gasteiger partial charge in [-0.2, -0.15) is 4.98 Å². The van der Waals surface area contributed by atoms with E-state index in [1.165, 1.54) is 4.90 Å². The predicted octanol–water partition coefficient (Wildman–Crippen LogP) is 2.18. The summed E-state index contributed by atoms with van der Waals surface area (Å²) >= 11 is 0. The quantitative estimate of drug-likeness (QED) is 0.845. The average molecular weight is 279 g/mol. The summed E-state index contributed by atoms with van der Waals surface area (Å²) in [6.07, 6.45) is 0.180. The molecule has 1 aliphatic rings. The van der Waals surface area contributed by atoms with Crippen LogP contribution in [0.25, 0.3) is 0 Å². The Morgan fingerprint density at radius 1 is 1.30 bits per heavy atom. The second-order valence-electron chi connectivity index (χ2n) is 4.71. The van der Waals surface area contributed by atoms with Crippen LogP contribution in [-0.4, -0.2) is 22.6 Å². The highest BCUT2D eigenvalue weighted by Crippen LogP contribution is 2.31. The van der Waals surface area contributed by atoms with Crippen molar-refractivity contribution in [3.63, 3.8) is 0 Å². The number of nitrogens with zero attached hydrogens (tertiary/aromatic N) is 3. The minimum Gasteiger partial charge on any atom is -0.339 e. The molecule has 104 valence electrons. The van der Waals surface area contributed by atoms with Crippen molar-refractivity contribution in [2.45, 2.75) is 19.3 Å². The van der Waals surface area contributed by atoms with Crippen LogP contribution < -0.4 is 4.90 Å². The number of hydrogen-bond acceptors (Lipinski definition) is 4. The van der Waals surface area contributed by atoms with E-state index in [1.54, 1.807) is 6.92 Å². The first-order valence-electron chi connectivity index (χ1n) is 6.09. The Balaban J connectivity index is 1.87. The maximum Gasteiger partial charge on any atom is 0.232 e. The lowest BCUT2D eigenvalue weighted by molar-refractivity contribution is -0.117. The van der Waals surface area contributed by atoms with Gasteiger partial charge < -0.3 is 9.42 Å². The van der Waals surface area contributed by atoms with Gasteiger partial charge in [-0.25, -0.2) is 8.78 Å². The molecule has 7 heteroatoms. The molecule has 20 heavy (non-hydrogen) atoms. The predicted molar refractivity (Wildman–Crippen MR) is 65.1 cm³/mol. The Bertz CT molecular complexity index is 651. The number of halogens is 2. The first-order valence-corrected chi connectivity index (χ1v) is 6.09. The summed E-state index contributed by atoms with van der Waals surface area (Å²) in [5, 5.41) is 3.68. The molecule has 1 atom stereocenters. The van der Waals surface area contributed by atoms with Crippen molar-refractivity contribution in [1.82, 2.24) is 10.1 Å². The number of hydrogen-bond donors (Lipinski definition) is 0. The van der Waals surface area contributed by atoms with Crippen molar-refractivity contribution in [3.05, 3.63) is 41.5 Å². The lowest BCUT2D eigenvalue weighted by atomic mass is 10.1. The third-order valence-corrected chi connectivity index (χ3v) is 3.18. The van der Waals surface area contributed by atoms with Crippen LogP contribution in [0, 0.1) is 18.6 Å². The van der Waals surface area contributed by atoms with Gasteiger partial charge in [0, 0.05) is 24.7 Å². The van der Waals surface area contributed by atoms with Crippen molar-refractivity contribution in [2.24, 2.45) is 0 Å². The third kappa shape index (κ3) is 2.26. The number of aromatic nitrogens is 2. The van der Waals surface area contributed by atoms with E-state index >= 15 is 0 Å². The van der Waals surface area contributed by atoms with E-state index in [2.05, 4.69) is 10.1 Å². The number of aryl methyl sites for hydroxylation is 1. The van der Waals surface area contributed by atoms with E-state index in [-0.39, 0.29) is 30.5 Å². The number of rotatable bonds is 2. The topological polar surface area (TPSA) is 59.2 Å². The van der Waals surface area contributed by atoms with Gasteiger partial charge in [0.1, 0.15) is 11.6 Å². The smallest absolute Gasteiger partial charge is 0.232 e. The molecule has 1 fully saturated rings. The molecule has 1 unspecified atom stereocenters. The molecule has 2 aromatic rings. The van der Waals surface area contributed by atoms with Crippen LogP contribution in [0.5, 0.6) is 0 Å². The van der Waals surface area contributed by atoms with Gasteiger partial charge in [0.2, 0.25) is 11.8 Å². The fraction of sp³-hybridized carbons (Fsp3) is 0.308. The molecule has 0 N–H and O–H groups in total. The summed E-state index contributed by atoms with van der Waals surface area (Å²) in [6.45, 7) is 1.95. The summed E-state index contributed by atoms with van der Waals surface area (Å²) in [6, 6.07) is 3.02. The molecule has 1 aromatic carbocycles. The van der Waals surface area contributed by atoms with Crippen molar-refractivity contribution in [1.29, 1.82) is 0 Å². The second-order valence-corrected chi connectivity index (χ2v) is 4.71. The van der Waals surface area contributed by atoms with Gasteiger partial charge in [-0.05, 0) is 19.1 Å². The van der Waals surface area contributed by atoms with Gasteiger partial charge in [0.15, 0.2) is 5.82 Å². The molecule has 3 rings (SSSR count). The third-order valence-electron chi connectivity index (χ3n) is 3.18. The van der Waals surface area contributed by atoms with E-state index in [1.807, 2.05) is 0 Å². The zero-order chi connectivity index (χ0) is 14.3. The lowest BCUT2D eigenvalue weighted by Gasteiger charge is -2.16.